The standard InChI is InChI=1S/C18H18ClNO4/c1-3-24-16-9-6-13(19)11-15(16)18(22)20-14-7-4-12(5-8-14)10-17(21)23-2/h4-9,11H,3,10H2,1-2H3,(H,20,22). The molecular formula is C18H18ClNO4. The van der Waals surface area contributed by atoms with Crippen LogP contribution in [0.15, 0.2) is 42.5 Å². The van der Waals surface area contributed by atoms with E-state index in [-0.39, 0.29) is 18.3 Å². The Hall–Kier alpha value is -2.53. The average Bonchev–Trinajstić information content (AvgIpc) is 2.58. The van der Waals surface area contributed by atoms with E-state index in [9.17, 15) is 9.59 Å². The number of hydrogen-bond donors (Lipinski definition) is 1. The van der Waals surface area contributed by atoms with Gasteiger partial charge in [0.1, 0.15) is 5.75 Å². The van der Waals surface area contributed by atoms with E-state index >= 15 is 0 Å². The largest absolute Gasteiger partial charge is 0.493 e. The van der Waals surface area contributed by atoms with Crippen molar-refractivity contribution in [3.8, 4) is 5.75 Å². The molecule has 0 aromatic heterocycles. The van der Waals surface area contributed by atoms with E-state index in [2.05, 4.69) is 10.1 Å². The number of methoxy groups -OCH3 is 1. The van der Waals surface area contributed by atoms with Crippen LogP contribution in [0.1, 0.15) is 22.8 Å². The number of hydrogen-bond acceptors (Lipinski definition) is 4. The average molecular weight is 348 g/mol. The number of halogens is 1. The molecule has 6 heteroatoms. The highest BCUT2D eigenvalue weighted by Gasteiger charge is 2.14. The summed E-state index contributed by atoms with van der Waals surface area (Å²) >= 11 is 5.97. The molecule has 126 valence electrons. The monoisotopic (exact) mass is 347 g/mol. The van der Waals surface area contributed by atoms with Crippen molar-refractivity contribution in [3.05, 3.63) is 58.6 Å². The quantitative estimate of drug-likeness (QED) is 0.809. The van der Waals surface area contributed by atoms with Gasteiger partial charge in [0.05, 0.1) is 25.7 Å². The van der Waals surface area contributed by atoms with E-state index < -0.39 is 0 Å². The SMILES string of the molecule is CCOc1ccc(Cl)cc1C(=O)Nc1ccc(CC(=O)OC)cc1. The maximum absolute atomic E-state index is 12.4. The summed E-state index contributed by atoms with van der Waals surface area (Å²) in [6.45, 7) is 2.29. The fourth-order valence-electron chi connectivity index (χ4n) is 2.10. The van der Waals surface area contributed by atoms with Crippen molar-refractivity contribution in [1.29, 1.82) is 0 Å². The normalized spacial score (nSPS) is 10.1. The molecule has 0 spiro atoms. The van der Waals surface area contributed by atoms with Crippen LogP contribution in [0.5, 0.6) is 5.75 Å². The molecule has 0 heterocycles. The van der Waals surface area contributed by atoms with Crippen molar-refractivity contribution in [1.82, 2.24) is 0 Å². The Labute approximate surface area is 145 Å². The van der Waals surface area contributed by atoms with Crippen molar-refractivity contribution < 1.29 is 19.1 Å². The first-order valence-corrected chi connectivity index (χ1v) is 7.80. The van der Waals surface area contributed by atoms with Crippen molar-refractivity contribution in [2.24, 2.45) is 0 Å². The Kier molecular flexibility index (Phi) is 6.21. The number of anilines is 1. The van der Waals surface area contributed by atoms with Crippen LogP contribution in [0, 0.1) is 0 Å². The highest BCUT2D eigenvalue weighted by Crippen LogP contribution is 2.24. The molecule has 2 rings (SSSR count). The molecule has 2 aromatic rings. The van der Waals surface area contributed by atoms with Crippen molar-refractivity contribution >= 4 is 29.2 Å². The van der Waals surface area contributed by atoms with Crippen LogP contribution in [0.2, 0.25) is 5.02 Å². The lowest BCUT2D eigenvalue weighted by Crippen LogP contribution is -2.14. The summed E-state index contributed by atoms with van der Waals surface area (Å²) in [6.07, 6.45) is 0.188. The fraction of sp³-hybridized carbons (Fsp3) is 0.222. The van der Waals surface area contributed by atoms with Gasteiger partial charge in [-0.1, -0.05) is 23.7 Å². The molecule has 2 aromatic carbocycles. The molecule has 0 aliphatic heterocycles. The Morgan fingerprint density at radius 2 is 1.83 bits per heavy atom. The molecule has 0 unspecified atom stereocenters. The summed E-state index contributed by atoms with van der Waals surface area (Å²) in [5.41, 5.74) is 1.77. The number of benzene rings is 2. The maximum atomic E-state index is 12.4. The molecule has 0 bridgehead atoms. The minimum Gasteiger partial charge on any atom is -0.493 e. The van der Waals surface area contributed by atoms with Crippen LogP contribution >= 0.6 is 11.6 Å². The molecule has 0 saturated heterocycles. The second-order valence-corrected chi connectivity index (χ2v) is 5.41. The topological polar surface area (TPSA) is 64.6 Å². The number of esters is 1. The van der Waals surface area contributed by atoms with Crippen molar-refractivity contribution in [3.63, 3.8) is 0 Å². The zero-order valence-corrected chi connectivity index (χ0v) is 14.2. The smallest absolute Gasteiger partial charge is 0.309 e. The minimum atomic E-state index is -0.318. The van der Waals surface area contributed by atoms with Gasteiger partial charge in [0, 0.05) is 10.7 Å². The van der Waals surface area contributed by atoms with Crippen molar-refractivity contribution in [2.45, 2.75) is 13.3 Å². The summed E-state index contributed by atoms with van der Waals surface area (Å²) in [7, 11) is 1.35. The van der Waals surface area contributed by atoms with E-state index in [0.717, 1.165) is 5.56 Å². The van der Waals surface area contributed by atoms with E-state index in [1.807, 2.05) is 6.92 Å². The molecule has 0 aliphatic rings. The number of rotatable bonds is 6. The second kappa shape index (κ2) is 8.36. The summed E-state index contributed by atoms with van der Waals surface area (Å²) in [4.78, 5) is 23.7. The fourth-order valence-corrected chi connectivity index (χ4v) is 2.28. The number of carbonyl (C=O) groups is 2. The van der Waals surface area contributed by atoms with Crippen LogP contribution in [-0.2, 0) is 16.0 Å². The summed E-state index contributed by atoms with van der Waals surface area (Å²) < 4.78 is 10.1. The van der Waals surface area contributed by atoms with E-state index in [1.165, 1.54) is 7.11 Å². The number of nitrogens with one attached hydrogen (secondary N) is 1. The van der Waals surface area contributed by atoms with E-state index in [1.54, 1.807) is 42.5 Å². The lowest BCUT2D eigenvalue weighted by molar-refractivity contribution is -0.139. The van der Waals surface area contributed by atoms with Crippen LogP contribution in [-0.4, -0.2) is 25.6 Å². The molecule has 24 heavy (non-hydrogen) atoms. The first kappa shape index (κ1) is 17.8. The summed E-state index contributed by atoms with van der Waals surface area (Å²) in [5.74, 6) is -0.157. The highest BCUT2D eigenvalue weighted by molar-refractivity contribution is 6.31. The van der Waals surface area contributed by atoms with E-state index in [0.29, 0.717) is 28.6 Å². The van der Waals surface area contributed by atoms with Crippen LogP contribution in [0.4, 0.5) is 5.69 Å². The molecule has 0 saturated carbocycles. The minimum absolute atomic E-state index is 0.188. The molecule has 0 radical (unpaired) electrons. The van der Waals surface area contributed by atoms with Gasteiger partial charge in [-0.15, -0.1) is 0 Å². The van der Waals surface area contributed by atoms with Gasteiger partial charge in [0.2, 0.25) is 0 Å². The van der Waals surface area contributed by atoms with Crippen LogP contribution in [0.25, 0.3) is 0 Å². The van der Waals surface area contributed by atoms with Gasteiger partial charge >= 0.3 is 5.97 Å². The number of carbonyl (C=O) groups excluding carboxylic acids is 2. The summed E-state index contributed by atoms with van der Waals surface area (Å²) in [5, 5.41) is 3.24. The van der Waals surface area contributed by atoms with Gasteiger partial charge < -0.3 is 14.8 Å². The Balaban J connectivity index is 2.12. The Bertz CT molecular complexity index is 728. The van der Waals surface area contributed by atoms with Gasteiger partial charge in [-0.25, -0.2) is 0 Å². The number of ether oxygens (including phenoxy) is 2. The lowest BCUT2D eigenvalue weighted by atomic mass is 10.1. The number of amides is 1. The third kappa shape index (κ3) is 4.73. The molecule has 5 nitrogen and oxygen atoms in total. The molecule has 0 atom stereocenters. The zero-order valence-electron chi connectivity index (χ0n) is 13.5. The van der Waals surface area contributed by atoms with Gasteiger partial charge in [-0.3, -0.25) is 9.59 Å². The molecule has 1 N–H and O–H groups in total. The van der Waals surface area contributed by atoms with Crippen LogP contribution in [0.3, 0.4) is 0 Å². The van der Waals surface area contributed by atoms with Gasteiger partial charge in [0.25, 0.3) is 5.91 Å². The molecule has 1 amide bonds. The molecular weight excluding hydrogens is 330 g/mol. The first-order valence-electron chi connectivity index (χ1n) is 7.43. The third-order valence-electron chi connectivity index (χ3n) is 3.27. The predicted octanol–water partition coefficient (Wildman–Crippen LogP) is 3.71. The summed E-state index contributed by atoms with van der Waals surface area (Å²) in [6, 6.07) is 11.9. The lowest BCUT2D eigenvalue weighted by Gasteiger charge is -2.11. The molecule has 0 aliphatic carbocycles. The Morgan fingerprint density at radius 1 is 1.12 bits per heavy atom. The first-order chi connectivity index (χ1) is 11.5. The molecule has 0 fully saturated rings. The second-order valence-electron chi connectivity index (χ2n) is 4.98. The third-order valence-corrected chi connectivity index (χ3v) is 3.51. The van der Waals surface area contributed by atoms with Gasteiger partial charge in [-0.2, -0.15) is 0 Å². The highest BCUT2D eigenvalue weighted by atomic mass is 35.5. The van der Waals surface area contributed by atoms with E-state index in [4.69, 9.17) is 16.3 Å². The predicted molar refractivity (Wildman–Crippen MR) is 92.7 cm³/mol. The Morgan fingerprint density at radius 3 is 2.46 bits per heavy atom. The van der Waals surface area contributed by atoms with Gasteiger partial charge in [-0.05, 0) is 42.8 Å². The zero-order chi connectivity index (χ0) is 17.5. The maximum Gasteiger partial charge on any atom is 0.309 e. The van der Waals surface area contributed by atoms with Gasteiger partial charge in [0.15, 0.2) is 0 Å². The van der Waals surface area contributed by atoms with Crippen LogP contribution < -0.4 is 10.1 Å². The van der Waals surface area contributed by atoms with Crippen molar-refractivity contribution in [2.75, 3.05) is 19.0 Å².